The second-order valence-corrected chi connectivity index (χ2v) is 7.42. The zero-order valence-corrected chi connectivity index (χ0v) is 14.3. The molecule has 25 heavy (non-hydrogen) atoms. The smallest absolute Gasteiger partial charge is 0.00129 e. The van der Waals surface area contributed by atoms with E-state index in [1.807, 2.05) is 0 Å². The maximum absolute atomic E-state index is 2.41. The van der Waals surface area contributed by atoms with Gasteiger partial charge in [0.2, 0.25) is 0 Å². The number of rotatable bonds is 0. The van der Waals surface area contributed by atoms with Crippen LogP contribution in [0.1, 0.15) is 27.8 Å². The average Bonchev–Trinajstić information content (AvgIpc) is 3.19. The van der Waals surface area contributed by atoms with E-state index >= 15 is 0 Å². The number of hydrogen-bond donors (Lipinski definition) is 0. The van der Waals surface area contributed by atoms with Gasteiger partial charge in [-0.3, -0.25) is 0 Å². The fraction of sp³-hybridized carbons (Fsp3) is 0.120. The molecule has 0 saturated heterocycles. The Morgan fingerprint density at radius 3 is 2.12 bits per heavy atom. The quantitative estimate of drug-likeness (QED) is 0.309. The molecule has 0 N–H and O–H groups in total. The van der Waals surface area contributed by atoms with Crippen LogP contribution in [0, 0.1) is 6.92 Å². The van der Waals surface area contributed by atoms with Crippen LogP contribution < -0.4 is 0 Å². The molecule has 0 heterocycles. The first kappa shape index (κ1) is 13.4. The Morgan fingerprint density at radius 2 is 1.24 bits per heavy atom. The van der Waals surface area contributed by atoms with Crippen LogP contribution in [0.15, 0.2) is 66.7 Å². The van der Waals surface area contributed by atoms with Crippen molar-refractivity contribution in [2.24, 2.45) is 0 Å². The topological polar surface area (TPSA) is 0 Å². The highest BCUT2D eigenvalue weighted by Gasteiger charge is 2.29. The zero-order valence-electron chi connectivity index (χ0n) is 14.3. The van der Waals surface area contributed by atoms with Crippen LogP contribution in [0.3, 0.4) is 0 Å². The predicted octanol–water partition coefficient (Wildman–Crippen LogP) is 6.29. The van der Waals surface area contributed by atoms with E-state index in [1.54, 1.807) is 0 Å². The number of benzene rings is 4. The van der Waals surface area contributed by atoms with Crippen LogP contribution in [-0.2, 0) is 12.8 Å². The summed E-state index contributed by atoms with van der Waals surface area (Å²) in [7, 11) is 0. The Balaban J connectivity index is 1.78. The predicted molar refractivity (Wildman–Crippen MR) is 105 cm³/mol. The molecule has 0 fully saturated rings. The average molecular weight is 318 g/mol. The van der Waals surface area contributed by atoms with Crippen LogP contribution in [0.4, 0.5) is 0 Å². The molecule has 4 aromatic carbocycles. The van der Waals surface area contributed by atoms with Gasteiger partial charge in [-0.1, -0.05) is 66.7 Å². The van der Waals surface area contributed by atoms with Gasteiger partial charge in [0, 0.05) is 0 Å². The molecular weight excluding hydrogens is 300 g/mol. The molecule has 0 radical (unpaired) electrons. The van der Waals surface area contributed by atoms with Crippen molar-refractivity contribution in [1.82, 2.24) is 0 Å². The van der Waals surface area contributed by atoms with Gasteiger partial charge < -0.3 is 0 Å². The highest BCUT2D eigenvalue weighted by atomic mass is 14.3. The van der Waals surface area contributed by atoms with Crippen molar-refractivity contribution in [3.8, 4) is 22.3 Å². The van der Waals surface area contributed by atoms with Gasteiger partial charge >= 0.3 is 0 Å². The van der Waals surface area contributed by atoms with Crippen molar-refractivity contribution in [3.05, 3.63) is 94.5 Å². The summed E-state index contributed by atoms with van der Waals surface area (Å²) in [6.07, 6.45) is 2.13. The van der Waals surface area contributed by atoms with Gasteiger partial charge in [-0.05, 0) is 80.6 Å². The monoisotopic (exact) mass is 318 g/mol. The van der Waals surface area contributed by atoms with Crippen LogP contribution in [0.5, 0.6) is 0 Å². The molecule has 6 rings (SSSR count). The van der Waals surface area contributed by atoms with Crippen LogP contribution in [0.2, 0.25) is 0 Å². The zero-order chi connectivity index (χ0) is 16.5. The van der Waals surface area contributed by atoms with Crippen LogP contribution in [0.25, 0.3) is 33.0 Å². The third kappa shape index (κ3) is 1.67. The molecular formula is C25H18. The molecule has 118 valence electrons. The summed E-state index contributed by atoms with van der Waals surface area (Å²) in [5.74, 6) is 0. The molecule has 0 bridgehead atoms. The Bertz CT molecular complexity index is 1190. The summed E-state index contributed by atoms with van der Waals surface area (Å²) in [5, 5.41) is 2.80. The molecule has 0 nitrogen and oxygen atoms in total. The van der Waals surface area contributed by atoms with E-state index in [4.69, 9.17) is 0 Å². The van der Waals surface area contributed by atoms with E-state index in [1.165, 1.54) is 60.8 Å². The molecule has 0 saturated carbocycles. The summed E-state index contributed by atoms with van der Waals surface area (Å²) in [4.78, 5) is 0. The van der Waals surface area contributed by atoms with E-state index in [0.29, 0.717) is 0 Å². The van der Waals surface area contributed by atoms with Crippen molar-refractivity contribution in [1.29, 1.82) is 0 Å². The SMILES string of the molecule is Cc1cc2c(c3ccccc13)-c1c(ccc3c1-c1ccccc1C3)C2. The molecule has 4 aromatic rings. The van der Waals surface area contributed by atoms with Crippen molar-refractivity contribution < 1.29 is 0 Å². The largest absolute Gasteiger partial charge is 0.0619 e. The van der Waals surface area contributed by atoms with Gasteiger partial charge in [0.15, 0.2) is 0 Å². The summed E-state index contributed by atoms with van der Waals surface area (Å²) in [6.45, 7) is 2.24. The second kappa shape index (κ2) is 4.61. The molecule has 0 aromatic heterocycles. The lowest BCUT2D eigenvalue weighted by atomic mass is 9.90. The third-order valence-corrected chi connectivity index (χ3v) is 6.01. The fourth-order valence-corrected chi connectivity index (χ4v) is 4.97. The van der Waals surface area contributed by atoms with Crippen molar-refractivity contribution in [2.45, 2.75) is 19.8 Å². The van der Waals surface area contributed by atoms with Gasteiger partial charge in [-0.2, -0.15) is 0 Å². The number of fused-ring (bicyclic) bond motifs is 9. The molecule has 0 spiro atoms. The summed E-state index contributed by atoms with van der Waals surface area (Å²) in [6, 6.07) is 25.0. The molecule has 2 aliphatic carbocycles. The highest BCUT2D eigenvalue weighted by Crippen LogP contribution is 2.51. The number of aryl methyl sites for hydroxylation is 1. The van der Waals surface area contributed by atoms with Crippen molar-refractivity contribution in [2.75, 3.05) is 0 Å². The minimum Gasteiger partial charge on any atom is -0.0619 e. The lowest BCUT2D eigenvalue weighted by Gasteiger charge is -2.13. The normalized spacial score (nSPS) is 13.5. The molecule has 0 unspecified atom stereocenters. The van der Waals surface area contributed by atoms with Gasteiger partial charge in [0.25, 0.3) is 0 Å². The minimum atomic E-state index is 1.06. The summed E-state index contributed by atoms with van der Waals surface area (Å²) >= 11 is 0. The van der Waals surface area contributed by atoms with Gasteiger partial charge in [-0.25, -0.2) is 0 Å². The first-order chi connectivity index (χ1) is 12.3. The van der Waals surface area contributed by atoms with Crippen LogP contribution in [-0.4, -0.2) is 0 Å². The molecule has 0 aliphatic heterocycles. The van der Waals surface area contributed by atoms with Crippen LogP contribution >= 0.6 is 0 Å². The van der Waals surface area contributed by atoms with E-state index in [9.17, 15) is 0 Å². The molecule has 0 amide bonds. The van der Waals surface area contributed by atoms with E-state index in [2.05, 4.69) is 73.7 Å². The van der Waals surface area contributed by atoms with Crippen molar-refractivity contribution in [3.63, 3.8) is 0 Å². The van der Waals surface area contributed by atoms with Gasteiger partial charge in [0.1, 0.15) is 0 Å². The summed E-state index contributed by atoms with van der Waals surface area (Å²) in [5.41, 5.74) is 13.2. The molecule has 0 heteroatoms. The first-order valence-corrected chi connectivity index (χ1v) is 9.06. The maximum Gasteiger partial charge on any atom is -0.00129 e. The molecule has 0 atom stereocenters. The highest BCUT2D eigenvalue weighted by molar-refractivity contribution is 6.07. The van der Waals surface area contributed by atoms with E-state index in [0.717, 1.165) is 12.8 Å². The summed E-state index contributed by atoms with van der Waals surface area (Å²) < 4.78 is 0. The van der Waals surface area contributed by atoms with Gasteiger partial charge in [-0.15, -0.1) is 0 Å². The second-order valence-electron chi connectivity index (χ2n) is 7.42. The van der Waals surface area contributed by atoms with E-state index < -0.39 is 0 Å². The Kier molecular flexibility index (Phi) is 2.48. The fourth-order valence-electron chi connectivity index (χ4n) is 4.97. The maximum atomic E-state index is 2.41. The Labute approximate surface area is 147 Å². The lowest BCUT2D eigenvalue weighted by molar-refractivity contribution is 1.23. The standard InChI is InChI=1S/C25H18/c1-15-12-19-14-18-11-10-17-13-16-6-2-3-8-21(16)23(17)25(18)24(19)22-9-5-4-7-20(15)22/h2-12H,13-14H2,1H3. The minimum absolute atomic E-state index is 1.06. The Hall–Kier alpha value is -2.86. The molecule has 2 aliphatic rings. The van der Waals surface area contributed by atoms with Gasteiger partial charge in [0.05, 0.1) is 0 Å². The third-order valence-electron chi connectivity index (χ3n) is 6.01. The van der Waals surface area contributed by atoms with Crippen molar-refractivity contribution >= 4 is 10.8 Å². The lowest BCUT2D eigenvalue weighted by Crippen LogP contribution is -1.89. The number of hydrogen-bond acceptors (Lipinski definition) is 0. The van der Waals surface area contributed by atoms with E-state index in [-0.39, 0.29) is 0 Å². The first-order valence-electron chi connectivity index (χ1n) is 9.06. The Morgan fingerprint density at radius 1 is 0.560 bits per heavy atom.